The van der Waals surface area contributed by atoms with E-state index in [0.717, 1.165) is 11.4 Å². The quantitative estimate of drug-likeness (QED) is 0.706. The maximum Gasteiger partial charge on any atom is 0.0951 e. The predicted octanol–water partition coefficient (Wildman–Crippen LogP) is 1.63. The number of nitrogens with one attached hydrogen (secondary N) is 1. The second kappa shape index (κ2) is 7.73. The molecule has 1 aromatic rings. The van der Waals surface area contributed by atoms with Gasteiger partial charge in [-0.25, -0.2) is 4.98 Å². The van der Waals surface area contributed by atoms with E-state index in [1.54, 1.807) is 18.4 Å². The lowest BCUT2D eigenvalue weighted by Crippen LogP contribution is -2.10. The number of hydrogen-bond acceptors (Lipinski definition) is 5. The van der Waals surface area contributed by atoms with Gasteiger partial charge in [0.25, 0.3) is 0 Å². The van der Waals surface area contributed by atoms with Crippen molar-refractivity contribution in [1.82, 2.24) is 10.3 Å². The molecule has 1 rings (SSSR count). The first-order chi connectivity index (χ1) is 7.77. The fourth-order valence-electron chi connectivity index (χ4n) is 1.19. The molecule has 1 N–H and O–H groups in total. The minimum absolute atomic E-state index is 0.376. The van der Waals surface area contributed by atoms with Crippen LogP contribution in [0.4, 0.5) is 0 Å². The van der Waals surface area contributed by atoms with Gasteiger partial charge in [-0.2, -0.15) is 0 Å². The molecule has 0 saturated carbocycles. The Morgan fingerprint density at radius 3 is 2.94 bits per heavy atom. The standard InChI is InChI=1S/C11H20N2O2S/c1-9(12-2)10-8-13-11(16-10)4-5-15-7-6-14-3/h8-9,12H,4-7H2,1-3H3. The lowest BCUT2D eigenvalue weighted by atomic mass is 10.3. The number of methoxy groups -OCH3 is 1. The van der Waals surface area contributed by atoms with E-state index in [-0.39, 0.29) is 0 Å². The van der Waals surface area contributed by atoms with Crippen molar-refractivity contribution in [3.8, 4) is 0 Å². The van der Waals surface area contributed by atoms with Crippen LogP contribution in [0.5, 0.6) is 0 Å². The van der Waals surface area contributed by atoms with E-state index in [2.05, 4.69) is 17.2 Å². The van der Waals surface area contributed by atoms with E-state index in [1.165, 1.54) is 4.88 Å². The minimum Gasteiger partial charge on any atom is -0.382 e. The molecule has 16 heavy (non-hydrogen) atoms. The third kappa shape index (κ3) is 4.57. The van der Waals surface area contributed by atoms with E-state index < -0.39 is 0 Å². The topological polar surface area (TPSA) is 43.4 Å². The molecule has 0 aliphatic heterocycles. The Bertz CT molecular complexity index is 291. The lowest BCUT2D eigenvalue weighted by Gasteiger charge is -2.04. The fraction of sp³-hybridized carbons (Fsp3) is 0.727. The molecule has 0 spiro atoms. The largest absolute Gasteiger partial charge is 0.382 e. The molecule has 4 nitrogen and oxygen atoms in total. The zero-order chi connectivity index (χ0) is 11.8. The van der Waals surface area contributed by atoms with Gasteiger partial charge in [0.15, 0.2) is 0 Å². The van der Waals surface area contributed by atoms with Gasteiger partial charge in [-0.3, -0.25) is 0 Å². The summed E-state index contributed by atoms with van der Waals surface area (Å²) < 4.78 is 10.3. The SMILES string of the molecule is CNC(C)c1cnc(CCOCCOC)s1. The van der Waals surface area contributed by atoms with Crippen molar-refractivity contribution in [1.29, 1.82) is 0 Å². The van der Waals surface area contributed by atoms with Gasteiger partial charge in [0.05, 0.1) is 24.8 Å². The second-order valence-corrected chi connectivity index (χ2v) is 4.67. The summed E-state index contributed by atoms with van der Waals surface area (Å²) in [7, 11) is 3.63. The number of ether oxygens (including phenoxy) is 2. The van der Waals surface area contributed by atoms with E-state index in [0.29, 0.717) is 25.9 Å². The highest BCUT2D eigenvalue weighted by Crippen LogP contribution is 2.20. The highest BCUT2D eigenvalue weighted by Gasteiger charge is 2.07. The lowest BCUT2D eigenvalue weighted by molar-refractivity contribution is 0.0722. The van der Waals surface area contributed by atoms with Crippen molar-refractivity contribution < 1.29 is 9.47 Å². The molecule has 1 unspecified atom stereocenters. The molecule has 0 amide bonds. The maximum atomic E-state index is 5.40. The van der Waals surface area contributed by atoms with Gasteiger partial charge in [0.1, 0.15) is 0 Å². The summed E-state index contributed by atoms with van der Waals surface area (Å²) in [6, 6.07) is 0.376. The summed E-state index contributed by atoms with van der Waals surface area (Å²) in [4.78, 5) is 5.64. The Morgan fingerprint density at radius 1 is 1.44 bits per heavy atom. The Balaban J connectivity index is 2.24. The number of rotatable bonds is 8. The van der Waals surface area contributed by atoms with Crippen LogP contribution >= 0.6 is 11.3 Å². The second-order valence-electron chi connectivity index (χ2n) is 3.52. The van der Waals surface area contributed by atoms with Crippen LogP contribution in [0.15, 0.2) is 6.20 Å². The molecule has 0 radical (unpaired) electrons. The third-order valence-corrected chi connectivity index (χ3v) is 3.56. The molecule has 0 fully saturated rings. The first-order valence-corrected chi connectivity index (χ1v) is 6.28. The summed E-state index contributed by atoms with van der Waals surface area (Å²) in [5.41, 5.74) is 0. The fourth-order valence-corrected chi connectivity index (χ4v) is 2.15. The summed E-state index contributed by atoms with van der Waals surface area (Å²) >= 11 is 1.74. The van der Waals surface area contributed by atoms with Crippen molar-refractivity contribution >= 4 is 11.3 Å². The van der Waals surface area contributed by atoms with Crippen LogP contribution in [-0.2, 0) is 15.9 Å². The molecule has 0 aromatic carbocycles. The van der Waals surface area contributed by atoms with Crippen LogP contribution in [0.25, 0.3) is 0 Å². The zero-order valence-electron chi connectivity index (χ0n) is 10.2. The summed E-state index contributed by atoms with van der Waals surface area (Å²) in [6.45, 7) is 4.15. The van der Waals surface area contributed by atoms with Crippen LogP contribution in [-0.4, -0.2) is 39.0 Å². The van der Waals surface area contributed by atoms with Crippen LogP contribution in [0.3, 0.4) is 0 Å². The van der Waals surface area contributed by atoms with Gasteiger partial charge in [-0.15, -0.1) is 11.3 Å². The molecule has 0 saturated heterocycles. The number of hydrogen-bond donors (Lipinski definition) is 1. The maximum absolute atomic E-state index is 5.40. The van der Waals surface area contributed by atoms with Crippen molar-refractivity contribution in [2.75, 3.05) is 34.0 Å². The van der Waals surface area contributed by atoms with E-state index in [1.807, 2.05) is 13.2 Å². The highest BCUT2D eigenvalue weighted by molar-refractivity contribution is 7.11. The molecule has 92 valence electrons. The van der Waals surface area contributed by atoms with E-state index in [4.69, 9.17) is 9.47 Å². The monoisotopic (exact) mass is 244 g/mol. The molecule has 1 atom stereocenters. The Kier molecular flexibility index (Phi) is 6.56. The van der Waals surface area contributed by atoms with Gasteiger partial charge in [-0.1, -0.05) is 0 Å². The molecule has 0 aliphatic rings. The molecule has 0 aliphatic carbocycles. The van der Waals surface area contributed by atoms with Gasteiger partial charge in [-0.05, 0) is 14.0 Å². The van der Waals surface area contributed by atoms with Crippen LogP contribution in [0.1, 0.15) is 22.9 Å². The van der Waals surface area contributed by atoms with E-state index >= 15 is 0 Å². The summed E-state index contributed by atoms with van der Waals surface area (Å²) in [6.07, 6.45) is 2.82. The summed E-state index contributed by atoms with van der Waals surface area (Å²) in [5, 5.41) is 4.33. The third-order valence-electron chi connectivity index (χ3n) is 2.32. The van der Waals surface area contributed by atoms with Crippen LogP contribution in [0.2, 0.25) is 0 Å². The molecule has 0 bridgehead atoms. The Morgan fingerprint density at radius 2 is 2.25 bits per heavy atom. The first-order valence-electron chi connectivity index (χ1n) is 5.46. The van der Waals surface area contributed by atoms with Crippen molar-refractivity contribution in [3.05, 3.63) is 16.1 Å². The normalized spacial score (nSPS) is 12.9. The van der Waals surface area contributed by atoms with Gasteiger partial charge in [0, 0.05) is 30.6 Å². The summed E-state index contributed by atoms with van der Waals surface area (Å²) in [5.74, 6) is 0. The zero-order valence-corrected chi connectivity index (χ0v) is 11.0. The Labute approximate surface area is 101 Å². The predicted molar refractivity (Wildman–Crippen MR) is 66.0 cm³/mol. The number of aromatic nitrogens is 1. The smallest absolute Gasteiger partial charge is 0.0951 e. The van der Waals surface area contributed by atoms with Gasteiger partial charge >= 0.3 is 0 Å². The average Bonchev–Trinajstić information content (AvgIpc) is 2.76. The van der Waals surface area contributed by atoms with Crippen molar-refractivity contribution in [2.45, 2.75) is 19.4 Å². The number of nitrogens with zero attached hydrogens (tertiary/aromatic N) is 1. The molecule has 1 heterocycles. The van der Waals surface area contributed by atoms with Crippen LogP contribution < -0.4 is 5.32 Å². The first kappa shape index (κ1) is 13.6. The molecular formula is C11H20N2O2S. The van der Waals surface area contributed by atoms with E-state index in [9.17, 15) is 0 Å². The van der Waals surface area contributed by atoms with Gasteiger partial charge in [0.2, 0.25) is 0 Å². The Hall–Kier alpha value is -0.490. The number of thiazole rings is 1. The molecular weight excluding hydrogens is 224 g/mol. The van der Waals surface area contributed by atoms with Gasteiger partial charge < -0.3 is 14.8 Å². The van der Waals surface area contributed by atoms with Crippen molar-refractivity contribution in [2.24, 2.45) is 0 Å². The van der Waals surface area contributed by atoms with Crippen LogP contribution in [0, 0.1) is 0 Å². The molecule has 1 aromatic heterocycles. The highest BCUT2D eigenvalue weighted by atomic mass is 32.1. The van der Waals surface area contributed by atoms with Crippen molar-refractivity contribution in [3.63, 3.8) is 0 Å². The average molecular weight is 244 g/mol. The molecule has 5 heteroatoms. The minimum atomic E-state index is 0.376.